The number of likely N-dealkylation sites (tertiary alicyclic amines) is 1. The summed E-state index contributed by atoms with van der Waals surface area (Å²) in [6, 6.07) is 0. The molecule has 4 heteroatoms. The molecule has 0 spiro atoms. The van der Waals surface area contributed by atoms with Crippen LogP contribution in [0.4, 0.5) is 0 Å². The fourth-order valence-electron chi connectivity index (χ4n) is 6.81. The zero-order chi connectivity index (χ0) is 16.9. The minimum absolute atomic E-state index is 0.207. The quantitative estimate of drug-likeness (QED) is 0.840. The largest absolute Gasteiger partial charge is 0.344 e. The van der Waals surface area contributed by atoms with Crippen molar-refractivity contribution in [2.75, 3.05) is 39.8 Å². The van der Waals surface area contributed by atoms with Crippen LogP contribution in [0.1, 0.15) is 51.9 Å². The average Bonchev–Trinajstić information content (AvgIpc) is 2.87. The molecule has 4 aliphatic carbocycles. The van der Waals surface area contributed by atoms with Gasteiger partial charge in [0, 0.05) is 20.1 Å². The van der Waals surface area contributed by atoms with Gasteiger partial charge < -0.3 is 10.6 Å². The van der Waals surface area contributed by atoms with Crippen LogP contribution in [0.25, 0.3) is 0 Å². The molecule has 5 fully saturated rings. The molecule has 5 rings (SSSR count). The predicted molar refractivity (Wildman–Crippen MR) is 96.5 cm³/mol. The van der Waals surface area contributed by atoms with Crippen molar-refractivity contribution in [1.29, 1.82) is 0 Å². The van der Waals surface area contributed by atoms with Crippen molar-refractivity contribution in [2.45, 2.75) is 51.9 Å². The second-order valence-corrected chi connectivity index (χ2v) is 10.1. The van der Waals surface area contributed by atoms with Gasteiger partial charge in [-0.2, -0.15) is 0 Å². The molecule has 4 nitrogen and oxygen atoms in total. The van der Waals surface area contributed by atoms with Crippen molar-refractivity contribution < 1.29 is 4.79 Å². The molecule has 0 aromatic rings. The van der Waals surface area contributed by atoms with Gasteiger partial charge in [-0.25, -0.2) is 0 Å². The fraction of sp³-hybridized carbons (Fsp3) is 0.950. The lowest BCUT2D eigenvalue weighted by Gasteiger charge is -2.57. The van der Waals surface area contributed by atoms with E-state index < -0.39 is 0 Å². The van der Waals surface area contributed by atoms with E-state index in [0.29, 0.717) is 17.9 Å². The van der Waals surface area contributed by atoms with Gasteiger partial charge in [0.2, 0.25) is 5.91 Å². The highest BCUT2D eigenvalue weighted by molar-refractivity contribution is 5.78. The molecule has 4 bridgehead atoms. The summed E-state index contributed by atoms with van der Waals surface area (Å²) in [5, 5.41) is 0. The van der Waals surface area contributed by atoms with E-state index in [2.05, 4.69) is 16.7 Å². The molecule has 5 aliphatic rings. The fourth-order valence-corrected chi connectivity index (χ4v) is 6.81. The maximum absolute atomic E-state index is 12.8. The van der Waals surface area contributed by atoms with Gasteiger partial charge in [0.15, 0.2) is 0 Å². The Hall–Kier alpha value is -0.610. The van der Waals surface area contributed by atoms with Crippen LogP contribution in [-0.2, 0) is 4.79 Å². The number of amides is 1. The van der Waals surface area contributed by atoms with Crippen molar-refractivity contribution in [3.05, 3.63) is 0 Å². The monoisotopic (exact) mass is 333 g/mol. The summed E-state index contributed by atoms with van der Waals surface area (Å²) in [5.74, 6) is 3.20. The Morgan fingerprint density at radius 1 is 1.17 bits per heavy atom. The molecule has 1 amide bonds. The van der Waals surface area contributed by atoms with Crippen molar-refractivity contribution >= 4 is 5.91 Å². The summed E-state index contributed by atoms with van der Waals surface area (Å²) in [6.07, 6.45) is 9.69. The van der Waals surface area contributed by atoms with Gasteiger partial charge in [0.05, 0.1) is 6.54 Å². The smallest absolute Gasteiger partial charge is 0.236 e. The number of likely N-dealkylation sites (N-methyl/N-ethyl adjacent to an activating group) is 1. The molecule has 24 heavy (non-hydrogen) atoms. The lowest BCUT2D eigenvalue weighted by atomic mass is 9.49. The zero-order valence-electron chi connectivity index (χ0n) is 15.6. The number of rotatable bonds is 5. The highest BCUT2D eigenvalue weighted by Crippen LogP contribution is 2.60. The molecule has 1 heterocycles. The lowest BCUT2D eigenvalue weighted by Crippen LogP contribution is -2.52. The Morgan fingerprint density at radius 2 is 1.75 bits per heavy atom. The van der Waals surface area contributed by atoms with E-state index in [1.54, 1.807) is 0 Å². The molecule has 1 saturated heterocycles. The van der Waals surface area contributed by atoms with Crippen molar-refractivity contribution in [3.8, 4) is 0 Å². The van der Waals surface area contributed by atoms with Crippen molar-refractivity contribution in [1.82, 2.24) is 9.80 Å². The molecule has 1 atom stereocenters. The van der Waals surface area contributed by atoms with Gasteiger partial charge in [0.1, 0.15) is 0 Å². The Labute approximate surface area is 147 Å². The van der Waals surface area contributed by atoms with E-state index in [9.17, 15) is 4.79 Å². The first-order valence-electron chi connectivity index (χ1n) is 10.1. The van der Waals surface area contributed by atoms with E-state index in [4.69, 9.17) is 5.73 Å². The first kappa shape index (κ1) is 16.8. The number of nitrogens with zero attached hydrogens (tertiary/aromatic N) is 2. The summed E-state index contributed by atoms with van der Waals surface area (Å²) in [6.45, 7) is 6.54. The van der Waals surface area contributed by atoms with Crippen LogP contribution in [-0.4, -0.2) is 55.5 Å². The second-order valence-electron chi connectivity index (χ2n) is 10.1. The predicted octanol–water partition coefficient (Wildman–Crippen LogP) is 2.33. The van der Waals surface area contributed by atoms with Gasteiger partial charge >= 0.3 is 0 Å². The van der Waals surface area contributed by atoms with Crippen molar-refractivity contribution in [3.63, 3.8) is 0 Å². The number of hydrogen-bond donors (Lipinski definition) is 1. The maximum Gasteiger partial charge on any atom is 0.236 e. The minimum Gasteiger partial charge on any atom is -0.344 e. The molecule has 2 N–H and O–H groups in total. The standard InChI is InChI=1S/C20H35N3O/c1-19(12-21)3-4-23(13-19)11-18(24)22(2)14-20-8-15-5-16(9-20)7-17(6-15)10-20/h15-17H,3-14,21H2,1-2H3. The van der Waals surface area contributed by atoms with Gasteiger partial charge in [-0.05, 0) is 86.6 Å². The normalized spacial score (nSPS) is 44.2. The summed E-state index contributed by atoms with van der Waals surface area (Å²) in [5.41, 5.74) is 6.56. The van der Waals surface area contributed by atoms with Crippen LogP contribution >= 0.6 is 0 Å². The molecule has 4 saturated carbocycles. The number of hydrogen-bond acceptors (Lipinski definition) is 3. The van der Waals surface area contributed by atoms with Gasteiger partial charge in [-0.1, -0.05) is 6.92 Å². The first-order chi connectivity index (χ1) is 11.4. The molecule has 0 radical (unpaired) electrons. The molecular formula is C20H35N3O. The van der Waals surface area contributed by atoms with Gasteiger partial charge in [-0.15, -0.1) is 0 Å². The molecule has 1 unspecified atom stereocenters. The third-order valence-corrected chi connectivity index (χ3v) is 7.65. The SMILES string of the molecule is CN(CC12CC3CC(CC(C3)C1)C2)C(=O)CN1CCC(C)(CN)C1. The molecule has 0 aromatic heterocycles. The highest BCUT2D eigenvalue weighted by Gasteiger charge is 2.51. The Bertz CT molecular complexity index is 470. The summed E-state index contributed by atoms with van der Waals surface area (Å²) in [4.78, 5) is 17.1. The van der Waals surface area contributed by atoms with Crippen LogP contribution in [0, 0.1) is 28.6 Å². The number of carbonyl (C=O) groups excluding carboxylic acids is 1. The summed E-state index contributed by atoms with van der Waals surface area (Å²) >= 11 is 0. The van der Waals surface area contributed by atoms with Crippen LogP contribution in [0.5, 0.6) is 0 Å². The molecule has 136 valence electrons. The van der Waals surface area contributed by atoms with Gasteiger partial charge in [-0.3, -0.25) is 9.69 Å². The average molecular weight is 334 g/mol. The Morgan fingerprint density at radius 3 is 2.25 bits per heavy atom. The van der Waals surface area contributed by atoms with Gasteiger partial charge in [0.25, 0.3) is 0 Å². The van der Waals surface area contributed by atoms with Crippen LogP contribution in [0.15, 0.2) is 0 Å². The molecular weight excluding hydrogens is 298 g/mol. The van der Waals surface area contributed by atoms with Crippen LogP contribution in [0.3, 0.4) is 0 Å². The Kier molecular flexibility index (Phi) is 4.20. The third-order valence-electron chi connectivity index (χ3n) is 7.65. The highest BCUT2D eigenvalue weighted by atomic mass is 16.2. The lowest BCUT2D eigenvalue weighted by molar-refractivity contribution is -0.136. The molecule has 0 aromatic carbocycles. The third kappa shape index (κ3) is 3.12. The topological polar surface area (TPSA) is 49.6 Å². The molecule has 1 aliphatic heterocycles. The number of carbonyl (C=O) groups is 1. The Balaban J connectivity index is 1.33. The second kappa shape index (κ2) is 5.98. The summed E-state index contributed by atoms with van der Waals surface area (Å²) in [7, 11) is 2.04. The van der Waals surface area contributed by atoms with Crippen LogP contribution < -0.4 is 5.73 Å². The summed E-state index contributed by atoms with van der Waals surface area (Å²) < 4.78 is 0. The van der Waals surface area contributed by atoms with E-state index in [0.717, 1.165) is 50.4 Å². The number of nitrogens with two attached hydrogens (primary N) is 1. The van der Waals surface area contributed by atoms with Crippen molar-refractivity contribution in [2.24, 2.45) is 34.3 Å². The zero-order valence-corrected chi connectivity index (χ0v) is 15.6. The van der Waals surface area contributed by atoms with E-state index in [-0.39, 0.29) is 5.41 Å². The van der Waals surface area contributed by atoms with E-state index in [1.807, 2.05) is 7.05 Å². The maximum atomic E-state index is 12.8. The van der Waals surface area contributed by atoms with E-state index >= 15 is 0 Å². The minimum atomic E-state index is 0.207. The first-order valence-corrected chi connectivity index (χ1v) is 10.1. The van der Waals surface area contributed by atoms with Crippen LogP contribution in [0.2, 0.25) is 0 Å². The van der Waals surface area contributed by atoms with E-state index in [1.165, 1.54) is 38.5 Å².